The highest BCUT2D eigenvalue weighted by atomic mass is 35.5. The van der Waals surface area contributed by atoms with E-state index in [1.165, 1.54) is 12.7 Å². The Balaban J connectivity index is 0.000000136. The van der Waals surface area contributed by atoms with Crippen molar-refractivity contribution >= 4 is 85.8 Å². The fraction of sp³-hybridized carbons (Fsp3) is 0.242. The van der Waals surface area contributed by atoms with Gasteiger partial charge >= 0.3 is 18.3 Å². The van der Waals surface area contributed by atoms with Crippen molar-refractivity contribution in [1.29, 1.82) is 0 Å². The highest BCUT2D eigenvalue weighted by Gasteiger charge is 2.40. The maximum atomic E-state index is 13.6. The van der Waals surface area contributed by atoms with Gasteiger partial charge in [0.2, 0.25) is 0 Å². The molecule has 3 atom stereocenters. The van der Waals surface area contributed by atoms with E-state index in [0.717, 1.165) is 102 Å². The van der Waals surface area contributed by atoms with Crippen molar-refractivity contribution in [1.82, 2.24) is 74.2 Å². The number of aryl methyl sites for hydroxylation is 3. The smallest absolute Gasteiger partial charge is 0.416 e. The Morgan fingerprint density at radius 3 is 1.06 bits per heavy atom. The maximum Gasteiger partial charge on any atom is 0.416 e. The molecule has 6 aromatic heterocycles. The number of halogens is 3. The first-order chi connectivity index (χ1) is 59.7. The quantitative estimate of drug-likeness (QED) is 0.0448. The lowest BCUT2D eigenvalue weighted by Crippen LogP contribution is -2.42. The zero-order valence-electron chi connectivity index (χ0n) is 67.1. The molecule has 9 heterocycles. The molecule has 3 N–H and O–H groups in total. The summed E-state index contributed by atoms with van der Waals surface area (Å²) in [6, 6.07) is 58.5. The van der Waals surface area contributed by atoms with Gasteiger partial charge in [0.15, 0.2) is 34.5 Å². The van der Waals surface area contributed by atoms with Crippen LogP contribution in [0.1, 0.15) is 87.9 Å². The molecule has 0 aliphatic carbocycles. The van der Waals surface area contributed by atoms with E-state index in [-0.39, 0.29) is 0 Å². The number of aromatic amines is 3. The Kier molecular flexibility index (Phi) is 25.6. The highest BCUT2D eigenvalue weighted by Crippen LogP contribution is 2.47. The number of rotatable bonds is 25. The zero-order chi connectivity index (χ0) is 84.0. The minimum atomic E-state index is -0.458. The predicted molar refractivity (Wildman–Crippen MR) is 460 cm³/mol. The lowest BCUT2D eigenvalue weighted by molar-refractivity contribution is 0.134. The molecule has 3 aliphatic heterocycles. The number of carbonyl (C=O) groups is 3. The van der Waals surface area contributed by atoms with Crippen molar-refractivity contribution in [2.24, 2.45) is 0 Å². The van der Waals surface area contributed by atoms with E-state index in [0.29, 0.717) is 151 Å². The number of ether oxygens (including phenoxy) is 10. The molecular weight excluding hydrogens is 1620 g/mol. The SMILES string of the molecule is COc1cc(C2c3[nH]c4ccc(Cl)cc4c3CCN2C(=O)Oc2ccccc2)ccc1OCCCn1cncn1.COc1cc(C2c3[nH]c4ccc(Cl)cc4c3CCN2C(=O)Oc2ccccc2)ccc1OCCCn1nccn1.COc1ccc(OC(=O)N2CCc3c([nH]c4ccc(Cl)cc34)C2c2ccc(OCCCn3cncn3)c(OC)c2)cc1. The molecule has 0 radical (unpaired) electrons. The van der Waals surface area contributed by atoms with Gasteiger partial charge in [-0.1, -0.05) is 89.4 Å². The summed E-state index contributed by atoms with van der Waals surface area (Å²) in [4.78, 5) is 66.1. The van der Waals surface area contributed by atoms with Crippen LogP contribution in [-0.2, 0) is 38.9 Å². The summed E-state index contributed by atoms with van der Waals surface area (Å²) in [5.74, 6) is 5.70. The van der Waals surface area contributed by atoms with E-state index in [2.05, 4.69) is 45.3 Å². The number of methoxy groups -OCH3 is 4. The molecule has 3 amide bonds. The number of fused-ring (bicyclic) bond motifs is 9. The Bertz CT molecular complexity index is 5850. The first-order valence-electron chi connectivity index (χ1n) is 39.8. The van der Waals surface area contributed by atoms with Crippen molar-refractivity contribution in [3.8, 4) is 57.5 Å². The lowest BCUT2D eigenvalue weighted by Gasteiger charge is -2.35. The number of benzene rings is 9. The number of hydrogen-bond donors (Lipinski definition) is 3. The van der Waals surface area contributed by atoms with Crippen LogP contribution < -0.4 is 47.4 Å². The first-order valence-corrected chi connectivity index (χ1v) is 40.9. The van der Waals surface area contributed by atoms with Gasteiger partial charge in [-0.25, -0.2) is 24.4 Å². The maximum absolute atomic E-state index is 13.6. The second-order valence-corrected chi connectivity index (χ2v) is 30.2. The molecule has 0 spiro atoms. The summed E-state index contributed by atoms with van der Waals surface area (Å²) in [6.45, 7) is 4.90. The number of hydrogen-bond acceptors (Lipinski definition) is 19. The largest absolute Gasteiger partial charge is 0.497 e. The van der Waals surface area contributed by atoms with Gasteiger partial charge in [0.25, 0.3) is 0 Å². The number of H-pyrrole nitrogens is 3. The van der Waals surface area contributed by atoms with Crippen molar-refractivity contribution in [3.05, 3.63) is 297 Å². The number of para-hydroxylation sites is 2. The van der Waals surface area contributed by atoms with Gasteiger partial charge < -0.3 is 62.3 Å². The number of nitrogens with zero attached hydrogens (tertiary/aromatic N) is 12. The molecule has 0 fully saturated rings. The topological polar surface area (TPSA) is 293 Å². The molecular formula is C91H86Cl3N15O13. The molecule has 3 unspecified atom stereocenters. The van der Waals surface area contributed by atoms with E-state index in [9.17, 15) is 14.4 Å². The number of carbonyl (C=O) groups excluding carboxylic acids is 3. The van der Waals surface area contributed by atoms with Crippen LogP contribution in [0.3, 0.4) is 0 Å². The van der Waals surface area contributed by atoms with Gasteiger partial charge in [-0.2, -0.15) is 25.2 Å². The van der Waals surface area contributed by atoms with E-state index in [1.807, 2.05) is 146 Å². The summed E-state index contributed by atoms with van der Waals surface area (Å²) in [7, 11) is 6.42. The summed E-state index contributed by atoms with van der Waals surface area (Å²) in [6.07, 6.45) is 12.6. The summed E-state index contributed by atoms with van der Waals surface area (Å²) in [5.41, 5.74) is 11.7. The van der Waals surface area contributed by atoms with E-state index in [4.69, 9.17) is 82.2 Å². The fourth-order valence-electron chi connectivity index (χ4n) is 15.7. The Hall–Kier alpha value is -13.7. The van der Waals surface area contributed by atoms with Crippen LogP contribution in [0.5, 0.6) is 57.5 Å². The van der Waals surface area contributed by atoms with Gasteiger partial charge in [-0.3, -0.25) is 24.1 Å². The van der Waals surface area contributed by atoms with Crippen LogP contribution in [0.25, 0.3) is 32.7 Å². The van der Waals surface area contributed by atoms with Gasteiger partial charge in [0.1, 0.15) is 66.4 Å². The van der Waals surface area contributed by atoms with Gasteiger partial charge in [0.05, 0.1) is 67.2 Å². The molecule has 9 aromatic carbocycles. The van der Waals surface area contributed by atoms with Gasteiger partial charge in [0, 0.05) is 117 Å². The van der Waals surface area contributed by atoms with Crippen LogP contribution in [0.2, 0.25) is 15.1 Å². The second-order valence-electron chi connectivity index (χ2n) is 28.8. The molecule has 0 saturated heterocycles. The van der Waals surface area contributed by atoms with Gasteiger partial charge in [-0.15, -0.1) is 0 Å². The summed E-state index contributed by atoms with van der Waals surface area (Å²) in [5, 5.41) is 21.6. The molecule has 18 rings (SSSR count). The summed E-state index contributed by atoms with van der Waals surface area (Å²) < 4.78 is 61.4. The Labute approximate surface area is 716 Å². The standard InChI is InChI=1S/C31H30ClN5O5.2C30H28ClN5O4/c1-39-22-6-8-23(9-7-22)42-31(38)37-14-12-24-25-17-21(32)5-10-26(25)35-29(24)30(37)20-4-11-27(28(16-20)40-2)41-15-3-13-36-19-33-18-34-36;1-38-27-18-20(8-11-26(27)39-17-5-15-36-32-13-14-33-36)29-28-23(24-19-21(31)9-10-25(24)34-28)12-16-35(29)30(37)40-22-6-3-2-4-7-22;1-38-27-16-20(8-11-26(27)39-15-5-13-35-19-32-18-33-35)29-28-23(24-17-21(31)9-10-25(24)34-28)12-14-36(29)30(37)40-22-6-3-2-4-7-22/h4-11,16-19,30,35H,3,12-15H2,1-2H3;2-4,6-11,13-14,18-19,29,34H,5,12,15-17H2,1H3;2-4,6-11,16-19,29,34H,5,12-15H2,1H3. The number of amides is 3. The van der Waals surface area contributed by atoms with E-state index < -0.39 is 36.4 Å². The van der Waals surface area contributed by atoms with Crippen molar-refractivity contribution in [3.63, 3.8) is 0 Å². The van der Waals surface area contributed by atoms with Crippen molar-refractivity contribution in [2.75, 3.05) is 67.9 Å². The molecule has 0 saturated carbocycles. The highest BCUT2D eigenvalue weighted by molar-refractivity contribution is 6.32. The van der Waals surface area contributed by atoms with Crippen LogP contribution in [-0.4, -0.2) is 160 Å². The second kappa shape index (κ2) is 38.1. The average Bonchev–Trinajstić information content (AvgIpc) is 1.60. The average molecular weight is 1700 g/mol. The van der Waals surface area contributed by atoms with Crippen molar-refractivity contribution < 1.29 is 61.8 Å². The van der Waals surface area contributed by atoms with Crippen LogP contribution in [0.15, 0.2) is 232 Å². The zero-order valence-corrected chi connectivity index (χ0v) is 69.4. The van der Waals surface area contributed by atoms with Crippen molar-refractivity contribution in [2.45, 2.75) is 76.3 Å². The molecule has 624 valence electrons. The third kappa shape index (κ3) is 18.7. The molecule has 28 nitrogen and oxygen atoms in total. The molecule has 3 aliphatic rings. The van der Waals surface area contributed by atoms with E-state index in [1.54, 1.807) is 131 Å². The molecule has 31 heteroatoms. The Morgan fingerprint density at radius 1 is 0.377 bits per heavy atom. The van der Waals surface area contributed by atoms with Crippen LogP contribution in [0, 0.1) is 0 Å². The third-order valence-electron chi connectivity index (χ3n) is 21.4. The monoisotopic (exact) mass is 1700 g/mol. The van der Waals surface area contributed by atoms with Crippen LogP contribution in [0.4, 0.5) is 14.4 Å². The van der Waals surface area contributed by atoms with E-state index >= 15 is 0 Å². The molecule has 122 heavy (non-hydrogen) atoms. The first kappa shape index (κ1) is 82.0. The summed E-state index contributed by atoms with van der Waals surface area (Å²) >= 11 is 19.0. The van der Waals surface area contributed by atoms with Crippen LogP contribution >= 0.6 is 34.8 Å². The predicted octanol–water partition coefficient (Wildman–Crippen LogP) is 18.1. The molecule has 15 aromatic rings. The fourth-order valence-corrected chi connectivity index (χ4v) is 16.2. The van der Waals surface area contributed by atoms with Gasteiger partial charge in [-0.05, 0) is 192 Å². The minimum absolute atomic E-state index is 0.425. The Morgan fingerprint density at radius 2 is 0.721 bits per heavy atom. The number of nitrogens with one attached hydrogen (secondary N) is 3. The molecule has 0 bridgehead atoms. The normalized spacial score (nSPS) is 14.6. The third-order valence-corrected chi connectivity index (χ3v) is 22.1. The minimum Gasteiger partial charge on any atom is -0.497 e. The lowest BCUT2D eigenvalue weighted by atomic mass is 9.92. The number of aromatic nitrogens is 12.